The van der Waals surface area contributed by atoms with Crippen LogP contribution in [0.5, 0.6) is 0 Å². The fraction of sp³-hybridized carbons (Fsp3) is 0.133. The molecular formula is C15H13N3O2S. The van der Waals surface area contributed by atoms with E-state index in [1.165, 1.54) is 11.8 Å². The van der Waals surface area contributed by atoms with Crippen LogP contribution in [0, 0.1) is 13.8 Å². The molecule has 0 radical (unpaired) electrons. The van der Waals surface area contributed by atoms with Crippen molar-refractivity contribution in [2.24, 2.45) is 0 Å². The minimum absolute atomic E-state index is 0.316. The minimum Gasteiger partial charge on any atom is -0.478 e. The molecule has 0 fully saturated rings. The van der Waals surface area contributed by atoms with Crippen molar-refractivity contribution in [2.45, 2.75) is 23.8 Å². The molecule has 106 valence electrons. The Kier molecular flexibility index (Phi) is 3.39. The molecule has 3 rings (SSSR count). The molecule has 0 unspecified atom stereocenters. The Balaban J connectivity index is 2.02. The first-order chi connectivity index (χ1) is 10.0. The lowest BCUT2D eigenvalue weighted by Crippen LogP contribution is -1.99. The van der Waals surface area contributed by atoms with E-state index >= 15 is 0 Å². The predicted octanol–water partition coefficient (Wildman–Crippen LogP) is 3.20. The van der Waals surface area contributed by atoms with Gasteiger partial charge >= 0.3 is 5.97 Å². The van der Waals surface area contributed by atoms with Crippen LogP contribution in [0.25, 0.3) is 5.52 Å². The number of benzene rings is 1. The predicted molar refractivity (Wildman–Crippen MR) is 80.0 cm³/mol. The summed E-state index contributed by atoms with van der Waals surface area (Å²) in [6.45, 7) is 3.72. The lowest BCUT2D eigenvalue weighted by atomic mass is 10.1. The van der Waals surface area contributed by atoms with E-state index in [1.54, 1.807) is 29.9 Å². The fourth-order valence-corrected chi connectivity index (χ4v) is 3.01. The molecule has 0 atom stereocenters. The number of carbonyl (C=O) groups is 1. The third-order valence-electron chi connectivity index (χ3n) is 3.13. The van der Waals surface area contributed by atoms with Gasteiger partial charge in [0.05, 0.1) is 16.8 Å². The van der Waals surface area contributed by atoms with Crippen LogP contribution in [0.15, 0.2) is 46.6 Å². The molecule has 0 spiro atoms. The number of nitrogens with zero attached hydrogens (tertiary/aromatic N) is 3. The number of hydrogen-bond donors (Lipinski definition) is 1. The van der Waals surface area contributed by atoms with Gasteiger partial charge in [-0.15, -0.1) is 0 Å². The van der Waals surface area contributed by atoms with Gasteiger partial charge in [0.25, 0.3) is 0 Å². The molecule has 2 heterocycles. The van der Waals surface area contributed by atoms with E-state index in [4.69, 9.17) is 0 Å². The first-order valence-electron chi connectivity index (χ1n) is 6.37. The maximum atomic E-state index is 11.2. The van der Waals surface area contributed by atoms with Crippen LogP contribution in [0.3, 0.4) is 0 Å². The maximum Gasteiger partial charge on any atom is 0.335 e. The van der Waals surface area contributed by atoms with Gasteiger partial charge in [0.15, 0.2) is 0 Å². The molecule has 1 aromatic carbocycles. The molecule has 0 aliphatic heterocycles. The van der Waals surface area contributed by atoms with Crippen LogP contribution >= 0.6 is 11.8 Å². The van der Waals surface area contributed by atoms with Gasteiger partial charge in [-0.1, -0.05) is 17.8 Å². The summed E-state index contributed by atoms with van der Waals surface area (Å²) < 4.78 is 1.77. The zero-order chi connectivity index (χ0) is 15.0. The highest BCUT2D eigenvalue weighted by Crippen LogP contribution is 2.30. The minimum atomic E-state index is -0.915. The van der Waals surface area contributed by atoms with E-state index in [1.807, 2.05) is 25.1 Å². The summed E-state index contributed by atoms with van der Waals surface area (Å²) >= 11 is 1.44. The molecule has 3 aromatic rings. The van der Waals surface area contributed by atoms with Crippen molar-refractivity contribution in [3.05, 3.63) is 53.5 Å². The third kappa shape index (κ3) is 2.62. The number of carboxylic acid groups (broad SMARTS) is 1. The summed E-state index contributed by atoms with van der Waals surface area (Å²) in [7, 11) is 0. The Morgan fingerprint density at radius 3 is 2.86 bits per heavy atom. The highest BCUT2D eigenvalue weighted by Gasteiger charge is 2.11. The Labute approximate surface area is 125 Å². The normalized spacial score (nSPS) is 11.0. The number of aromatic nitrogens is 3. The second-order valence-corrected chi connectivity index (χ2v) is 5.79. The quantitative estimate of drug-likeness (QED) is 0.804. The number of aromatic carboxylic acids is 1. The van der Waals surface area contributed by atoms with Gasteiger partial charge < -0.3 is 5.11 Å². The number of fused-ring (bicyclic) bond motifs is 1. The Hall–Kier alpha value is -2.34. The van der Waals surface area contributed by atoms with E-state index in [0.717, 1.165) is 26.7 Å². The molecular weight excluding hydrogens is 286 g/mol. The van der Waals surface area contributed by atoms with Gasteiger partial charge in [0.1, 0.15) is 5.03 Å². The molecule has 0 saturated carbocycles. The monoisotopic (exact) mass is 299 g/mol. The van der Waals surface area contributed by atoms with E-state index in [0.29, 0.717) is 5.56 Å². The molecule has 0 amide bonds. The molecule has 5 nitrogen and oxygen atoms in total. The van der Waals surface area contributed by atoms with Gasteiger partial charge in [-0.05, 0) is 37.6 Å². The summed E-state index contributed by atoms with van der Waals surface area (Å²) in [5.41, 5.74) is 2.90. The number of aryl methyl sites for hydroxylation is 2. The van der Waals surface area contributed by atoms with E-state index in [-0.39, 0.29) is 0 Å². The molecule has 1 N–H and O–H groups in total. The highest BCUT2D eigenvalue weighted by molar-refractivity contribution is 7.99. The third-order valence-corrected chi connectivity index (χ3v) is 4.13. The number of carboxylic acids is 1. The van der Waals surface area contributed by atoms with E-state index in [9.17, 15) is 9.90 Å². The van der Waals surface area contributed by atoms with Gasteiger partial charge in [-0.3, -0.25) is 0 Å². The second-order valence-electron chi connectivity index (χ2n) is 4.73. The van der Waals surface area contributed by atoms with E-state index < -0.39 is 5.97 Å². The SMILES string of the molecule is Cc1cc2c(Sc3ccc(C)c(C(=O)O)c3)nccn2n1. The summed E-state index contributed by atoms with van der Waals surface area (Å²) in [5.74, 6) is -0.915. The van der Waals surface area contributed by atoms with Crippen LogP contribution < -0.4 is 0 Å². The molecule has 6 heteroatoms. The number of hydrogen-bond acceptors (Lipinski definition) is 4. The molecule has 0 bridgehead atoms. The molecule has 2 aromatic heterocycles. The second kappa shape index (κ2) is 5.21. The average molecular weight is 299 g/mol. The molecule has 0 saturated heterocycles. The van der Waals surface area contributed by atoms with Crippen LogP contribution in [-0.2, 0) is 0 Å². The van der Waals surface area contributed by atoms with Crippen molar-refractivity contribution in [1.29, 1.82) is 0 Å². The first kappa shape index (κ1) is 13.6. The van der Waals surface area contributed by atoms with Gasteiger partial charge in [0, 0.05) is 17.3 Å². The average Bonchev–Trinajstić information content (AvgIpc) is 2.82. The fourth-order valence-electron chi connectivity index (χ4n) is 2.11. The van der Waals surface area contributed by atoms with Crippen molar-refractivity contribution in [3.8, 4) is 0 Å². The maximum absolute atomic E-state index is 11.2. The lowest BCUT2D eigenvalue weighted by Gasteiger charge is -2.06. The smallest absolute Gasteiger partial charge is 0.335 e. The Bertz CT molecular complexity index is 842. The molecule has 0 aliphatic carbocycles. The van der Waals surface area contributed by atoms with Crippen molar-refractivity contribution in [3.63, 3.8) is 0 Å². The van der Waals surface area contributed by atoms with Crippen molar-refractivity contribution < 1.29 is 9.90 Å². The van der Waals surface area contributed by atoms with Gasteiger partial charge in [-0.25, -0.2) is 14.3 Å². The standard InChI is InChI=1S/C15H13N3O2S/c1-9-3-4-11(8-12(9)15(19)20)21-14-13-7-10(2)17-18(13)6-5-16-14/h3-8H,1-2H3,(H,19,20). The van der Waals surface area contributed by atoms with Crippen molar-refractivity contribution in [2.75, 3.05) is 0 Å². The van der Waals surface area contributed by atoms with Crippen LogP contribution in [0.2, 0.25) is 0 Å². The van der Waals surface area contributed by atoms with Crippen LogP contribution in [-0.4, -0.2) is 25.7 Å². The summed E-state index contributed by atoms with van der Waals surface area (Å²) in [4.78, 5) is 16.4. The van der Waals surface area contributed by atoms with Crippen LogP contribution in [0.1, 0.15) is 21.6 Å². The van der Waals surface area contributed by atoms with Crippen molar-refractivity contribution in [1.82, 2.24) is 14.6 Å². The van der Waals surface area contributed by atoms with E-state index in [2.05, 4.69) is 10.1 Å². The summed E-state index contributed by atoms with van der Waals surface area (Å²) in [6.07, 6.45) is 3.48. The number of rotatable bonds is 3. The molecule has 0 aliphatic rings. The topological polar surface area (TPSA) is 67.5 Å². The first-order valence-corrected chi connectivity index (χ1v) is 7.19. The van der Waals surface area contributed by atoms with Crippen LogP contribution in [0.4, 0.5) is 0 Å². The van der Waals surface area contributed by atoms with Gasteiger partial charge in [0.2, 0.25) is 0 Å². The summed E-state index contributed by atoms with van der Waals surface area (Å²) in [5, 5.41) is 14.3. The zero-order valence-electron chi connectivity index (χ0n) is 11.6. The van der Waals surface area contributed by atoms with Gasteiger partial charge in [-0.2, -0.15) is 5.10 Å². The highest BCUT2D eigenvalue weighted by atomic mass is 32.2. The molecule has 21 heavy (non-hydrogen) atoms. The lowest BCUT2D eigenvalue weighted by molar-refractivity contribution is 0.0696. The summed E-state index contributed by atoms with van der Waals surface area (Å²) in [6, 6.07) is 7.35. The zero-order valence-corrected chi connectivity index (χ0v) is 12.4. The Morgan fingerprint density at radius 2 is 2.10 bits per heavy atom. The Morgan fingerprint density at radius 1 is 1.29 bits per heavy atom. The van der Waals surface area contributed by atoms with Crippen molar-refractivity contribution >= 4 is 23.2 Å². The largest absolute Gasteiger partial charge is 0.478 e.